The summed E-state index contributed by atoms with van der Waals surface area (Å²) < 4.78 is 18.1. The molecule has 0 N–H and O–H groups in total. The average molecular weight is 399 g/mol. The molecule has 29 heavy (non-hydrogen) atoms. The summed E-state index contributed by atoms with van der Waals surface area (Å²) in [6.45, 7) is 20.0. The lowest BCUT2D eigenvalue weighted by atomic mass is 9.82. The first kappa shape index (κ1) is 23.4. The van der Waals surface area contributed by atoms with Gasteiger partial charge in [-0.2, -0.15) is 0 Å². The van der Waals surface area contributed by atoms with E-state index in [9.17, 15) is 0 Å². The maximum Gasteiger partial charge on any atom is 0.131 e. The second-order valence-electron chi connectivity index (χ2n) is 9.46. The fourth-order valence-electron chi connectivity index (χ4n) is 3.81. The Morgan fingerprint density at radius 3 is 1.31 bits per heavy atom. The predicted molar refractivity (Wildman–Crippen MR) is 121 cm³/mol. The summed E-state index contributed by atoms with van der Waals surface area (Å²) in [5.74, 6) is 1.79. The third-order valence-electron chi connectivity index (χ3n) is 4.87. The van der Waals surface area contributed by atoms with Crippen molar-refractivity contribution in [3.8, 4) is 11.5 Å². The Morgan fingerprint density at radius 2 is 1.00 bits per heavy atom. The molecule has 0 bridgehead atoms. The zero-order chi connectivity index (χ0) is 21.7. The second-order valence-corrected chi connectivity index (χ2v) is 9.46. The molecular formula is C26H38O3. The van der Waals surface area contributed by atoms with Crippen LogP contribution >= 0.6 is 0 Å². The Hall–Kier alpha value is -1.84. The standard InChI is InChI=1S/C26H38O3/c1-9-27-17-19-13-11-15-21(23(19)25(3,4)5)29-22-16-12-14-20(18-28-10-2)24(22)26(6,7)8/h11-16H,9-10,17-18H2,1-8H3. The zero-order valence-corrected chi connectivity index (χ0v) is 19.5. The molecule has 0 fully saturated rings. The van der Waals surface area contributed by atoms with Crippen LogP contribution in [0.15, 0.2) is 36.4 Å². The monoisotopic (exact) mass is 398 g/mol. The first-order valence-electron chi connectivity index (χ1n) is 10.7. The van der Waals surface area contributed by atoms with Crippen molar-refractivity contribution < 1.29 is 14.2 Å². The van der Waals surface area contributed by atoms with Gasteiger partial charge < -0.3 is 14.2 Å². The third kappa shape index (κ3) is 6.07. The third-order valence-corrected chi connectivity index (χ3v) is 4.87. The highest BCUT2D eigenvalue weighted by molar-refractivity contribution is 5.51. The van der Waals surface area contributed by atoms with Crippen LogP contribution in [0.4, 0.5) is 0 Å². The predicted octanol–water partition coefficient (Wildman–Crippen LogP) is 7.15. The molecule has 0 aromatic heterocycles. The molecule has 0 spiro atoms. The van der Waals surface area contributed by atoms with Crippen LogP contribution in [0.25, 0.3) is 0 Å². The quantitative estimate of drug-likeness (QED) is 0.472. The van der Waals surface area contributed by atoms with Gasteiger partial charge in [-0.15, -0.1) is 0 Å². The van der Waals surface area contributed by atoms with Crippen molar-refractivity contribution in [2.45, 2.75) is 79.4 Å². The van der Waals surface area contributed by atoms with Crippen LogP contribution in [0, 0.1) is 0 Å². The Morgan fingerprint density at radius 1 is 0.621 bits per heavy atom. The normalized spacial score (nSPS) is 12.3. The molecule has 0 saturated heterocycles. The van der Waals surface area contributed by atoms with Gasteiger partial charge in [0, 0.05) is 24.3 Å². The molecule has 0 unspecified atom stereocenters. The maximum atomic E-state index is 6.62. The molecule has 0 aliphatic heterocycles. The van der Waals surface area contributed by atoms with Crippen LogP contribution in [0.5, 0.6) is 11.5 Å². The van der Waals surface area contributed by atoms with Gasteiger partial charge in [0.25, 0.3) is 0 Å². The SMILES string of the molecule is CCOCc1cccc(Oc2cccc(COCC)c2C(C)(C)C)c1C(C)(C)C. The van der Waals surface area contributed by atoms with Crippen molar-refractivity contribution >= 4 is 0 Å². The highest BCUT2D eigenvalue weighted by Crippen LogP contribution is 2.41. The van der Waals surface area contributed by atoms with Gasteiger partial charge in [0.1, 0.15) is 11.5 Å². The molecule has 0 aliphatic carbocycles. The lowest BCUT2D eigenvalue weighted by Gasteiger charge is -2.29. The molecule has 3 heteroatoms. The number of benzene rings is 2. The van der Waals surface area contributed by atoms with E-state index < -0.39 is 0 Å². The molecular weight excluding hydrogens is 360 g/mol. The number of ether oxygens (including phenoxy) is 3. The fourth-order valence-corrected chi connectivity index (χ4v) is 3.81. The average Bonchev–Trinajstić information content (AvgIpc) is 2.62. The van der Waals surface area contributed by atoms with Gasteiger partial charge in [-0.3, -0.25) is 0 Å². The minimum Gasteiger partial charge on any atom is -0.457 e. The number of rotatable bonds is 8. The van der Waals surface area contributed by atoms with Gasteiger partial charge in [0.2, 0.25) is 0 Å². The topological polar surface area (TPSA) is 27.7 Å². The lowest BCUT2D eigenvalue weighted by molar-refractivity contribution is 0.132. The highest BCUT2D eigenvalue weighted by Gasteiger charge is 2.27. The molecule has 2 rings (SSSR count). The van der Waals surface area contributed by atoms with Crippen LogP contribution in [-0.2, 0) is 33.5 Å². The van der Waals surface area contributed by atoms with Crippen molar-refractivity contribution in [1.82, 2.24) is 0 Å². The largest absolute Gasteiger partial charge is 0.457 e. The summed E-state index contributed by atoms with van der Waals surface area (Å²) in [7, 11) is 0. The summed E-state index contributed by atoms with van der Waals surface area (Å²) in [6.07, 6.45) is 0. The molecule has 0 saturated carbocycles. The molecule has 0 amide bonds. The summed E-state index contributed by atoms with van der Waals surface area (Å²) in [4.78, 5) is 0. The van der Waals surface area contributed by atoms with E-state index >= 15 is 0 Å². The van der Waals surface area contributed by atoms with Crippen LogP contribution in [-0.4, -0.2) is 13.2 Å². The van der Waals surface area contributed by atoms with Crippen LogP contribution < -0.4 is 4.74 Å². The molecule has 160 valence electrons. The van der Waals surface area contributed by atoms with Crippen molar-refractivity contribution in [3.05, 3.63) is 58.7 Å². The lowest BCUT2D eigenvalue weighted by Crippen LogP contribution is -2.18. The summed E-state index contributed by atoms with van der Waals surface area (Å²) in [5.41, 5.74) is 4.63. The summed E-state index contributed by atoms with van der Waals surface area (Å²) in [5, 5.41) is 0. The van der Waals surface area contributed by atoms with E-state index in [-0.39, 0.29) is 10.8 Å². The fraction of sp³-hybridized carbons (Fsp3) is 0.538. The molecule has 2 aromatic rings. The van der Waals surface area contributed by atoms with Crippen molar-refractivity contribution in [2.24, 2.45) is 0 Å². The molecule has 3 nitrogen and oxygen atoms in total. The molecule has 0 atom stereocenters. The summed E-state index contributed by atoms with van der Waals surface area (Å²) in [6, 6.07) is 12.5. The van der Waals surface area contributed by atoms with Crippen LogP contribution in [0.1, 0.15) is 77.6 Å². The second kappa shape index (κ2) is 9.77. The smallest absolute Gasteiger partial charge is 0.131 e. The van der Waals surface area contributed by atoms with E-state index in [4.69, 9.17) is 14.2 Å². The first-order valence-corrected chi connectivity index (χ1v) is 10.7. The van der Waals surface area contributed by atoms with Crippen LogP contribution in [0.2, 0.25) is 0 Å². The minimum atomic E-state index is -0.0617. The Balaban J connectivity index is 2.56. The Kier molecular flexibility index (Phi) is 7.90. The van der Waals surface area contributed by atoms with Gasteiger partial charge >= 0.3 is 0 Å². The number of hydrogen-bond acceptors (Lipinski definition) is 3. The van der Waals surface area contributed by atoms with Gasteiger partial charge in [-0.05, 0) is 47.9 Å². The highest BCUT2D eigenvalue weighted by atomic mass is 16.5. The molecule has 0 radical (unpaired) electrons. The molecule has 0 aliphatic rings. The van der Waals surface area contributed by atoms with Crippen LogP contribution in [0.3, 0.4) is 0 Å². The van der Waals surface area contributed by atoms with Crippen molar-refractivity contribution in [1.29, 1.82) is 0 Å². The van der Waals surface area contributed by atoms with Gasteiger partial charge in [-0.25, -0.2) is 0 Å². The van der Waals surface area contributed by atoms with E-state index in [0.29, 0.717) is 26.4 Å². The molecule has 2 aromatic carbocycles. The molecule has 0 heterocycles. The minimum absolute atomic E-state index is 0.0617. The summed E-state index contributed by atoms with van der Waals surface area (Å²) >= 11 is 0. The zero-order valence-electron chi connectivity index (χ0n) is 19.5. The van der Waals surface area contributed by atoms with E-state index in [2.05, 4.69) is 77.9 Å². The Bertz CT molecular complexity index is 727. The van der Waals surface area contributed by atoms with E-state index in [0.717, 1.165) is 11.5 Å². The van der Waals surface area contributed by atoms with Crippen molar-refractivity contribution in [2.75, 3.05) is 13.2 Å². The van der Waals surface area contributed by atoms with Gasteiger partial charge in [-0.1, -0.05) is 65.8 Å². The van der Waals surface area contributed by atoms with E-state index in [1.807, 2.05) is 13.8 Å². The van der Waals surface area contributed by atoms with Gasteiger partial charge in [0.15, 0.2) is 0 Å². The first-order chi connectivity index (χ1) is 13.6. The van der Waals surface area contributed by atoms with E-state index in [1.54, 1.807) is 0 Å². The number of hydrogen-bond donors (Lipinski definition) is 0. The Labute approximate surface area is 177 Å². The van der Waals surface area contributed by atoms with Gasteiger partial charge in [0.05, 0.1) is 13.2 Å². The maximum absolute atomic E-state index is 6.62. The van der Waals surface area contributed by atoms with E-state index in [1.165, 1.54) is 22.3 Å². The van der Waals surface area contributed by atoms with Crippen molar-refractivity contribution in [3.63, 3.8) is 0 Å².